The number of rotatable bonds is 4. The summed E-state index contributed by atoms with van der Waals surface area (Å²) < 4.78 is 25.5. The molecule has 0 radical (unpaired) electrons. The first kappa shape index (κ1) is 16.8. The van der Waals surface area contributed by atoms with E-state index in [1.165, 1.54) is 18.7 Å². The maximum Gasteiger partial charge on any atom is 0.152 e. The zero-order valence-electron chi connectivity index (χ0n) is 14.5. The van der Waals surface area contributed by atoms with Crippen molar-refractivity contribution in [2.75, 3.05) is 49.1 Å². The minimum Gasteiger partial charge on any atom is -0.366 e. The van der Waals surface area contributed by atoms with Crippen LogP contribution in [0.3, 0.4) is 0 Å². The standard InChI is InChI=1S/C16H28N4O2S/c1-4-6-18-7-9-19(10-8-18)16-13(2)17-20(14(16)3)15-5-11-23(21,22)12-15/h15H,4-12H2,1-3H3. The predicted octanol–water partition coefficient (Wildman–Crippen LogP) is 1.39. The van der Waals surface area contributed by atoms with E-state index < -0.39 is 9.84 Å². The molecule has 0 amide bonds. The molecule has 7 heteroatoms. The van der Waals surface area contributed by atoms with Gasteiger partial charge in [-0.1, -0.05) is 6.92 Å². The molecule has 0 saturated carbocycles. The minimum absolute atomic E-state index is 0.00818. The van der Waals surface area contributed by atoms with Gasteiger partial charge in [0.1, 0.15) is 0 Å². The number of anilines is 1. The molecule has 1 unspecified atom stereocenters. The van der Waals surface area contributed by atoms with Crippen LogP contribution in [0.4, 0.5) is 5.69 Å². The largest absolute Gasteiger partial charge is 0.366 e. The Kier molecular flexibility index (Phi) is 4.69. The first-order valence-corrected chi connectivity index (χ1v) is 10.5. The highest BCUT2D eigenvalue weighted by atomic mass is 32.2. The fourth-order valence-electron chi connectivity index (χ4n) is 3.95. The highest BCUT2D eigenvalue weighted by molar-refractivity contribution is 7.91. The Hall–Kier alpha value is -1.08. The van der Waals surface area contributed by atoms with Crippen molar-refractivity contribution in [3.05, 3.63) is 11.4 Å². The van der Waals surface area contributed by atoms with E-state index in [-0.39, 0.29) is 11.8 Å². The summed E-state index contributed by atoms with van der Waals surface area (Å²) in [5, 5.41) is 4.69. The number of sulfone groups is 1. The van der Waals surface area contributed by atoms with Crippen LogP contribution in [0.2, 0.25) is 0 Å². The maximum atomic E-state index is 11.8. The van der Waals surface area contributed by atoms with E-state index in [0.29, 0.717) is 12.2 Å². The monoisotopic (exact) mass is 340 g/mol. The molecule has 0 spiro atoms. The first-order valence-electron chi connectivity index (χ1n) is 8.64. The zero-order valence-corrected chi connectivity index (χ0v) is 15.3. The number of hydrogen-bond donors (Lipinski definition) is 0. The molecular formula is C16H28N4O2S. The Balaban J connectivity index is 1.77. The second-order valence-electron chi connectivity index (χ2n) is 6.85. The van der Waals surface area contributed by atoms with Crippen LogP contribution >= 0.6 is 0 Å². The molecule has 2 aliphatic heterocycles. The Labute approximate surface area is 139 Å². The van der Waals surface area contributed by atoms with Crippen LogP contribution in [0.25, 0.3) is 0 Å². The van der Waals surface area contributed by atoms with Crippen molar-refractivity contribution < 1.29 is 8.42 Å². The first-order chi connectivity index (χ1) is 10.9. The van der Waals surface area contributed by atoms with Crippen LogP contribution < -0.4 is 4.90 Å². The van der Waals surface area contributed by atoms with Crippen molar-refractivity contribution in [3.63, 3.8) is 0 Å². The fraction of sp³-hybridized carbons (Fsp3) is 0.812. The lowest BCUT2D eigenvalue weighted by Crippen LogP contribution is -2.46. The highest BCUT2D eigenvalue weighted by Gasteiger charge is 2.32. The summed E-state index contributed by atoms with van der Waals surface area (Å²) in [6.45, 7) is 11.8. The second kappa shape index (κ2) is 6.43. The third kappa shape index (κ3) is 3.40. The number of aromatic nitrogens is 2. The van der Waals surface area contributed by atoms with E-state index in [1.54, 1.807) is 0 Å². The van der Waals surface area contributed by atoms with Crippen molar-refractivity contribution in [1.82, 2.24) is 14.7 Å². The van der Waals surface area contributed by atoms with Crippen molar-refractivity contribution in [2.45, 2.75) is 39.7 Å². The molecule has 0 N–H and O–H groups in total. The molecule has 0 aliphatic carbocycles. The Morgan fingerprint density at radius 3 is 2.43 bits per heavy atom. The lowest BCUT2D eigenvalue weighted by Gasteiger charge is -2.36. The molecular weight excluding hydrogens is 312 g/mol. The maximum absolute atomic E-state index is 11.8. The van der Waals surface area contributed by atoms with Crippen LogP contribution in [-0.4, -0.2) is 67.3 Å². The van der Waals surface area contributed by atoms with Crippen molar-refractivity contribution in [2.24, 2.45) is 0 Å². The van der Waals surface area contributed by atoms with Gasteiger partial charge in [0.05, 0.1) is 34.6 Å². The molecule has 6 nitrogen and oxygen atoms in total. The summed E-state index contributed by atoms with van der Waals surface area (Å²) in [7, 11) is -2.88. The van der Waals surface area contributed by atoms with Gasteiger partial charge in [-0.2, -0.15) is 5.10 Å². The van der Waals surface area contributed by atoms with Crippen molar-refractivity contribution in [1.29, 1.82) is 0 Å². The highest BCUT2D eigenvalue weighted by Crippen LogP contribution is 2.31. The average Bonchev–Trinajstić information content (AvgIpc) is 3.00. The zero-order chi connectivity index (χ0) is 16.6. The minimum atomic E-state index is -2.88. The van der Waals surface area contributed by atoms with E-state index in [0.717, 1.165) is 37.6 Å². The van der Waals surface area contributed by atoms with E-state index in [1.807, 2.05) is 11.6 Å². The quantitative estimate of drug-likeness (QED) is 0.829. The number of aryl methyl sites for hydroxylation is 1. The van der Waals surface area contributed by atoms with Gasteiger partial charge in [-0.05, 0) is 33.2 Å². The topological polar surface area (TPSA) is 58.4 Å². The van der Waals surface area contributed by atoms with E-state index >= 15 is 0 Å². The number of hydrogen-bond acceptors (Lipinski definition) is 5. The molecule has 0 aromatic carbocycles. The Morgan fingerprint density at radius 1 is 1.17 bits per heavy atom. The third-order valence-corrected chi connectivity index (χ3v) is 6.82. The average molecular weight is 340 g/mol. The van der Waals surface area contributed by atoms with Gasteiger partial charge in [-0.25, -0.2) is 8.42 Å². The smallest absolute Gasteiger partial charge is 0.152 e. The predicted molar refractivity (Wildman–Crippen MR) is 93.0 cm³/mol. The van der Waals surface area contributed by atoms with Crippen LogP contribution in [0.1, 0.15) is 37.2 Å². The second-order valence-corrected chi connectivity index (χ2v) is 9.08. The van der Waals surface area contributed by atoms with Gasteiger partial charge in [0, 0.05) is 26.2 Å². The summed E-state index contributed by atoms with van der Waals surface area (Å²) in [6.07, 6.45) is 1.89. The van der Waals surface area contributed by atoms with Gasteiger partial charge in [-0.15, -0.1) is 0 Å². The van der Waals surface area contributed by atoms with E-state index in [9.17, 15) is 8.42 Å². The molecule has 1 aromatic rings. The molecule has 2 saturated heterocycles. The van der Waals surface area contributed by atoms with Gasteiger partial charge in [0.15, 0.2) is 9.84 Å². The molecule has 1 atom stereocenters. The number of nitrogens with zero attached hydrogens (tertiary/aromatic N) is 4. The lowest BCUT2D eigenvalue weighted by atomic mass is 10.2. The van der Waals surface area contributed by atoms with Crippen LogP contribution in [0.15, 0.2) is 0 Å². The molecule has 130 valence electrons. The molecule has 0 bridgehead atoms. The third-order valence-electron chi connectivity index (χ3n) is 5.07. The van der Waals surface area contributed by atoms with Crippen molar-refractivity contribution >= 4 is 15.5 Å². The van der Waals surface area contributed by atoms with Crippen LogP contribution in [0, 0.1) is 13.8 Å². The van der Waals surface area contributed by atoms with Crippen LogP contribution in [-0.2, 0) is 9.84 Å². The van der Waals surface area contributed by atoms with Gasteiger partial charge in [-0.3, -0.25) is 9.58 Å². The lowest BCUT2D eigenvalue weighted by molar-refractivity contribution is 0.258. The van der Waals surface area contributed by atoms with Gasteiger partial charge in [0.2, 0.25) is 0 Å². The van der Waals surface area contributed by atoms with Gasteiger partial charge < -0.3 is 4.90 Å². The van der Waals surface area contributed by atoms with E-state index in [2.05, 4.69) is 28.7 Å². The Morgan fingerprint density at radius 2 is 1.87 bits per heavy atom. The molecule has 23 heavy (non-hydrogen) atoms. The molecule has 2 fully saturated rings. The van der Waals surface area contributed by atoms with Crippen LogP contribution in [0.5, 0.6) is 0 Å². The van der Waals surface area contributed by atoms with Gasteiger partial charge >= 0.3 is 0 Å². The summed E-state index contributed by atoms with van der Waals surface area (Å²) in [6, 6.07) is 0.00818. The summed E-state index contributed by atoms with van der Waals surface area (Å²) in [4.78, 5) is 4.93. The SMILES string of the molecule is CCCN1CCN(c2c(C)nn(C3CCS(=O)(=O)C3)c2C)CC1. The fourth-order valence-corrected chi connectivity index (χ4v) is 5.64. The van der Waals surface area contributed by atoms with Crippen molar-refractivity contribution in [3.8, 4) is 0 Å². The molecule has 3 rings (SSSR count). The van der Waals surface area contributed by atoms with E-state index in [4.69, 9.17) is 0 Å². The summed E-state index contributed by atoms with van der Waals surface area (Å²) in [5.74, 6) is 0.527. The summed E-state index contributed by atoms with van der Waals surface area (Å²) >= 11 is 0. The summed E-state index contributed by atoms with van der Waals surface area (Å²) in [5.41, 5.74) is 3.36. The Bertz CT molecular complexity index is 660. The normalized spacial score (nSPS) is 25.2. The van der Waals surface area contributed by atoms with Gasteiger partial charge in [0.25, 0.3) is 0 Å². The molecule has 2 aliphatic rings. The molecule has 1 aromatic heterocycles. The number of piperazine rings is 1. The molecule has 3 heterocycles.